The van der Waals surface area contributed by atoms with Crippen molar-refractivity contribution in [3.05, 3.63) is 35.4 Å². The Bertz CT molecular complexity index is 673. The van der Waals surface area contributed by atoms with Gasteiger partial charge in [0.1, 0.15) is 6.54 Å². The second kappa shape index (κ2) is 6.67. The highest BCUT2D eigenvalue weighted by Gasteiger charge is 2.36. The van der Waals surface area contributed by atoms with E-state index in [0.717, 1.165) is 42.4 Å². The van der Waals surface area contributed by atoms with Crippen LogP contribution in [-0.2, 0) is 11.0 Å². The average Bonchev–Trinajstić information content (AvgIpc) is 2.63. The Labute approximate surface area is 143 Å². The molecule has 1 unspecified atom stereocenters. The summed E-state index contributed by atoms with van der Waals surface area (Å²) in [6.07, 6.45) is -2.69. The zero-order chi connectivity index (χ0) is 18.2. The summed E-state index contributed by atoms with van der Waals surface area (Å²) < 4.78 is 38.5. The molecule has 2 fully saturated rings. The van der Waals surface area contributed by atoms with Gasteiger partial charge in [-0.1, -0.05) is 6.07 Å². The van der Waals surface area contributed by atoms with Gasteiger partial charge in [0.2, 0.25) is 5.91 Å². The van der Waals surface area contributed by atoms with Crippen molar-refractivity contribution in [1.29, 1.82) is 0 Å². The number of alkyl halides is 3. The van der Waals surface area contributed by atoms with Crippen LogP contribution in [-0.4, -0.2) is 58.5 Å². The van der Waals surface area contributed by atoms with Crippen LogP contribution in [0.5, 0.6) is 0 Å². The highest BCUT2D eigenvalue weighted by atomic mass is 19.4. The van der Waals surface area contributed by atoms with Crippen molar-refractivity contribution in [3.8, 4) is 0 Å². The first-order chi connectivity index (χ1) is 11.8. The molecule has 1 aromatic rings. The van der Waals surface area contributed by atoms with E-state index < -0.39 is 23.8 Å². The molecule has 1 saturated heterocycles. The van der Waals surface area contributed by atoms with Crippen LogP contribution in [0, 0.1) is 0 Å². The monoisotopic (exact) mass is 356 g/mol. The maximum atomic E-state index is 12.8. The lowest BCUT2D eigenvalue weighted by atomic mass is 9.91. The molecular formula is C17H19F3N2O3. The van der Waals surface area contributed by atoms with Crippen LogP contribution in [0.25, 0.3) is 0 Å². The fourth-order valence-corrected chi connectivity index (χ4v) is 3.18. The fourth-order valence-electron chi connectivity index (χ4n) is 3.18. The van der Waals surface area contributed by atoms with Crippen LogP contribution in [0.2, 0.25) is 0 Å². The predicted molar refractivity (Wildman–Crippen MR) is 82.7 cm³/mol. The number of β-amino-alcohol motifs (C(OH)–C–C–N with tert-alkyl or cyclic N) is 1. The van der Waals surface area contributed by atoms with Gasteiger partial charge < -0.3 is 14.9 Å². The topological polar surface area (TPSA) is 60.9 Å². The van der Waals surface area contributed by atoms with E-state index in [9.17, 15) is 27.9 Å². The van der Waals surface area contributed by atoms with Gasteiger partial charge in [-0.2, -0.15) is 13.2 Å². The lowest BCUT2D eigenvalue weighted by Gasteiger charge is -2.37. The van der Waals surface area contributed by atoms with Crippen LogP contribution in [0.3, 0.4) is 0 Å². The van der Waals surface area contributed by atoms with Crippen LogP contribution < -0.4 is 0 Å². The summed E-state index contributed by atoms with van der Waals surface area (Å²) in [6, 6.07) is 4.19. The van der Waals surface area contributed by atoms with Gasteiger partial charge in [-0.25, -0.2) is 0 Å². The quantitative estimate of drug-likeness (QED) is 0.881. The Morgan fingerprint density at radius 1 is 1.20 bits per heavy atom. The summed E-state index contributed by atoms with van der Waals surface area (Å²) >= 11 is 0. The van der Waals surface area contributed by atoms with Gasteiger partial charge in [-0.05, 0) is 37.5 Å². The number of benzene rings is 1. The van der Waals surface area contributed by atoms with E-state index in [2.05, 4.69) is 0 Å². The number of hydrogen-bond acceptors (Lipinski definition) is 3. The van der Waals surface area contributed by atoms with Crippen molar-refractivity contribution < 1.29 is 27.9 Å². The molecule has 2 aliphatic rings. The zero-order valence-electron chi connectivity index (χ0n) is 13.5. The maximum Gasteiger partial charge on any atom is 0.416 e. The summed E-state index contributed by atoms with van der Waals surface area (Å²) in [4.78, 5) is 27.7. The molecule has 0 spiro atoms. The number of hydrogen-bond donors (Lipinski definition) is 1. The van der Waals surface area contributed by atoms with Crippen molar-refractivity contribution in [2.24, 2.45) is 0 Å². The van der Waals surface area contributed by atoms with Crippen molar-refractivity contribution in [2.75, 3.05) is 19.6 Å². The summed E-state index contributed by atoms with van der Waals surface area (Å²) in [5, 5.41) is 10.1. The van der Waals surface area contributed by atoms with E-state index in [4.69, 9.17) is 0 Å². The Morgan fingerprint density at radius 3 is 2.52 bits per heavy atom. The molecule has 0 bridgehead atoms. The molecule has 3 rings (SSSR count). The SMILES string of the molecule is O=C(c1cccc(C(F)(F)F)c1)N1CC(=O)N(C2CCC2)CC(O)C1. The standard InChI is InChI=1S/C17H19F3N2O3/c18-17(19,20)12-4-1-3-11(7-12)16(25)21-8-14(23)9-22(15(24)10-21)13-5-2-6-13/h1,3-4,7,13-14,23H,2,5-6,8-10H2. The van der Waals surface area contributed by atoms with Gasteiger partial charge in [0, 0.05) is 24.7 Å². The largest absolute Gasteiger partial charge is 0.416 e. The third kappa shape index (κ3) is 3.78. The number of amides is 2. The highest BCUT2D eigenvalue weighted by molar-refractivity contribution is 5.97. The summed E-state index contributed by atoms with van der Waals surface area (Å²) in [5.41, 5.74) is -1.07. The number of rotatable bonds is 2. The highest BCUT2D eigenvalue weighted by Crippen LogP contribution is 2.30. The second-order valence-electron chi connectivity index (χ2n) is 6.55. The van der Waals surface area contributed by atoms with Crippen molar-refractivity contribution in [1.82, 2.24) is 9.80 Å². The molecular weight excluding hydrogens is 337 g/mol. The lowest BCUT2D eigenvalue weighted by Crippen LogP contribution is -2.47. The number of aliphatic hydroxyl groups excluding tert-OH is 1. The van der Waals surface area contributed by atoms with Gasteiger partial charge in [0.15, 0.2) is 0 Å². The predicted octanol–water partition coefficient (Wildman–Crippen LogP) is 1.90. The molecule has 1 N–H and O–H groups in total. The van der Waals surface area contributed by atoms with Crippen molar-refractivity contribution >= 4 is 11.8 Å². The van der Waals surface area contributed by atoms with Gasteiger partial charge in [-0.3, -0.25) is 9.59 Å². The van der Waals surface area contributed by atoms with Gasteiger partial charge in [0.05, 0.1) is 11.7 Å². The maximum absolute atomic E-state index is 12.8. The molecule has 25 heavy (non-hydrogen) atoms. The Balaban J connectivity index is 1.78. The molecule has 1 heterocycles. The van der Waals surface area contributed by atoms with Gasteiger partial charge >= 0.3 is 6.18 Å². The zero-order valence-corrected chi connectivity index (χ0v) is 13.5. The first-order valence-electron chi connectivity index (χ1n) is 8.20. The summed E-state index contributed by atoms with van der Waals surface area (Å²) in [5.74, 6) is -0.962. The molecule has 136 valence electrons. The lowest BCUT2D eigenvalue weighted by molar-refractivity contribution is -0.137. The first kappa shape index (κ1) is 17.7. The molecule has 1 atom stereocenters. The molecule has 1 aliphatic carbocycles. The van der Waals surface area contributed by atoms with Gasteiger partial charge in [-0.15, -0.1) is 0 Å². The third-order valence-corrected chi connectivity index (χ3v) is 4.72. The molecule has 1 aliphatic heterocycles. The normalized spacial score (nSPS) is 22.6. The van der Waals surface area contributed by atoms with E-state index in [1.165, 1.54) is 6.07 Å². The van der Waals surface area contributed by atoms with E-state index in [-0.39, 0.29) is 37.1 Å². The Hall–Kier alpha value is -2.09. The van der Waals surface area contributed by atoms with Crippen LogP contribution in [0.4, 0.5) is 13.2 Å². The van der Waals surface area contributed by atoms with Crippen molar-refractivity contribution in [3.63, 3.8) is 0 Å². The minimum absolute atomic E-state index is 0.0793. The average molecular weight is 356 g/mol. The molecule has 1 aromatic carbocycles. The number of aliphatic hydroxyl groups is 1. The second-order valence-corrected chi connectivity index (χ2v) is 6.55. The van der Waals surface area contributed by atoms with E-state index in [1.807, 2.05) is 0 Å². The minimum Gasteiger partial charge on any atom is -0.389 e. The number of carbonyl (C=O) groups excluding carboxylic acids is 2. The van der Waals surface area contributed by atoms with Gasteiger partial charge in [0.25, 0.3) is 5.91 Å². The summed E-state index contributed by atoms with van der Waals surface area (Å²) in [6.45, 7) is -0.164. The first-order valence-corrected chi connectivity index (χ1v) is 8.20. The third-order valence-electron chi connectivity index (χ3n) is 4.72. The summed E-state index contributed by atoms with van der Waals surface area (Å²) in [7, 11) is 0. The molecule has 8 heteroatoms. The van der Waals surface area contributed by atoms with E-state index in [1.54, 1.807) is 4.90 Å². The Morgan fingerprint density at radius 2 is 1.92 bits per heavy atom. The minimum atomic E-state index is -4.55. The molecule has 5 nitrogen and oxygen atoms in total. The van der Waals surface area contributed by atoms with E-state index in [0.29, 0.717) is 0 Å². The number of nitrogens with zero attached hydrogens (tertiary/aromatic N) is 2. The van der Waals surface area contributed by atoms with Crippen LogP contribution in [0.1, 0.15) is 35.2 Å². The Kier molecular flexibility index (Phi) is 4.73. The molecule has 0 aromatic heterocycles. The smallest absolute Gasteiger partial charge is 0.389 e. The molecule has 1 saturated carbocycles. The molecule has 0 radical (unpaired) electrons. The fraction of sp³-hybridized carbons (Fsp3) is 0.529. The van der Waals surface area contributed by atoms with Crippen molar-refractivity contribution in [2.45, 2.75) is 37.6 Å². The number of halogens is 3. The number of carbonyl (C=O) groups is 2. The van der Waals surface area contributed by atoms with Crippen LogP contribution in [0.15, 0.2) is 24.3 Å². The molecule has 2 amide bonds. The van der Waals surface area contributed by atoms with E-state index >= 15 is 0 Å². The van der Waals surface area contributed by atoms with Crippen LogP contribution >= 0.6 is 0 Å².